The van der Waals surface area contributed by atoms with Gasteiger partial charge < -0.3 is 14.1 Å². The van der Waals surface area contributed by atoms with E-state index in [9.17, 15) is 14.4 Å². The van der Waals surface area contributed by atoms with Crippen LogP contribution in [0, 0.1) is 0 Å². The van der Waals surface area contributed by atoms with Crippen LogP contribution in [-0.2, 0) is 4.79 Å². The van der Waals surface area contributed by atoms with Gasteiger partial charge in [0.25, 0.3) is 0 Å². The monoisotopic (exact) mass is 449 g/mol. The van der Waals surface area contributed by atoms with Gasteiger partial charge in [0.15, 0.2) is 11.2 Å². The van der Waals surface area contributed by atoms with Crippen molar-refractivity contribution >= 4 is 40.3 Å². The number of benzene rings is 2. The normalized spacial score (nSPS) is 17.5. The number of ether oxygens (including phenoxy) is 1. The number of amides is 1. The van der Waals surface area contributed by atoms with Crippen molar-refractivity contribution < 1.29 is 18.7 Å². The molecule has 0 aliphatic carbocycles. The van der Waals surface area contributed by atoms with Gasteiger partial charge in [-0.3, -0.25) is 14.4 Å². The number of Topliss-reactive ketones (excluding diaryl/α,β-unsaturated/α-hetero) is 1. The molecular weight excluding hydrogens is 430 g/mol. The highest BCUT2D eigenvalue weighted by Gasteiger charge is 2.43. The first-order chi connectivity index (χ1) is 15.4. The molecule has 1 saturated heterocycles. The topological polar surface area (TPSA) is 76.8 Å². The molecule has 5 rings (SSSR count). The van der Waals surface area contributed by atoms with Crippen LogP contribution in [0.15, 0.2) is 64.0 Å². The zero-order valence-electron chi connectivity index (χ0n) is 17.2. The van der Waals surface area contributed by atoms with Crippen molar-refractivity contribution in [3.63, 3.8) is 0 Å². The smallest absolute Gasteiger partial charge is 0.246 e. The van der Waals surface area contributed by atoms with Crippen LogP contribution in [0.2, 0.25) is 5.02 Å². The summed E-state index contributed by atoms with van der Waals surface area (Å²) in [7, 11) is 0. The lowest BCUT2D eigenvalue weighted by Crippen LogP contribution is -2.52. The molecule has 0 bridgehead atoms. The fourth-order valence-electron chi connectivity index (χ4n) is 4.35. The summed E-state index contributed by atoms with van der Waals surface area (Å²) in [6.45, 7) is 0.928. The van der Waals surface area contributed by atoms with Gasteiger partial charge in [0, 0.05) is 37.0 Å². The van der Waals surface area contributed by atoms with Crippen LogP contribution in [0.5, 0.6) is 5.75 Å². The highest BCUT2D eigenvalue weighted by Crippen LogP contribution is 2.40. The van der Waals surface area contributed by atoms with Crippen molar-refractivity contribution in [2.45, 2.75) is 24.9 Å². The predicted molar refractivity (Wildman–Crippen MR) is 121 cm³/mol. The van der Waals surface area contributed by atoms with Gasteiger partial charge in [0.05, 0.1) is 22.9 Å². The maximum Gasteiger partial charge on any atom is 0.246 e. The molecule has 2 aliphatic rings. The molecule has 0 unspecified atom stereocenters. The molecule has 1 amide bonds. The van der Waals surface area contributed by atoms with Crippen LogP contribution in [0.1, 0.15) is 35.2 Å². The summed E-state index contributed by atoms with van der Waals surface area (Å²) < 4.78 is 11.7. The highest BCUT2D eigenvalue weighted by molar-refractivity contribution is 6.31. The number of hydrogen-bond donors (Lipinski definition) is 0. The van der Waals surface area contributed by atoms with E-state index in [0.29, 0.717) is 58.8 Å². The Labute approximate surface area is 189 Å². The fourth-order valence-corrected chi connectivity index (χ4v) is 4.53. The Morgan fingerprint density at radius 2 is 1.88 bits per heavy atom. The van der Waals surface area contributed by atoms with Crippen LogP contribution in [-0.4, -0.2) is 35.3 Å². The molecule has 7 heteroatoms. The molecule has 3 aromatic rings. The molecule has 1 aromatic heterocycles. The van der Waals surface area contributed by atoms with E-state index in [2.05, 4.69) is 0 Å². The summed E-state index contributed by atoms with van der Waals surface area (Å²) in [4.78, 5) is 39.6. The van der Waals surface area contributed by atoms with E-state index in [1.54, 1.807) is 47.4 Å². The number of carbonyl (C=O) groups excluding carboxylic acids is 2. The number of carbonyl (C=O) groups is 2. The van der Waals surface area contributed by atoms with Gasteiger partial charge in [0.2, 0.25) is 5.91 Å². The molecule has 0 radical (unpaired) electrons. The third-order valence-corrected chi connectivity index (χ3v) is 6.38. The highest BCUT2D eigenvalue weighted by atomic mass is 35.5. The standard InChI is InChI=1S/C25H20ClNO5/c26-17-6-7-22-19(13-17)20(28)14-25(32-22)9-11-27(12-10-25)23(29)8-5-16-15-31-21-4-2-1-3-18(21)24(16)30/h1-8,13,15H,9-12,14H2/b8-5+. The Kier molecular flexibility index (Phi) is 5.10. The van der Waals surface area contributed by atoms with E-state index < -0.39 is 5.60 Å². The largest absolute Gasteiger partial charge is 0.486 e. The summed E-state index contributed by atoms with van der Waals surface area (Å²) in [5, 5.41) is 0.979. The second-order valence-corrected chi connectivity index (χ2v) is 8.64. The number of likely N-dealkylation sites (tertiary alicyclic amines) is 1. The summed E-state index contributed by atoms with van der Waals surface area (Å²) in [6.07, 6.45) is 5.63. The maximum atomic E-state index is 12.7. The Morgan fingerprint density at radius 3 is 2.69 bits per heavy atom. The van der Waals surface area contributed by atoms with Gasteiger partial charge in [-0.05, 0) is 36.4 Å². The molecule has 162 valence electrons. The number of piperidine rings is 1. The molecular formula is C25H20ClNO5. The first-order valence-corrected chi connectivity index (χ1v) is 10.8. The molecule has 3 heterocycles. The minimum absolute atomic E-state index is 0.0106. The number of nitrogens with zero attached hydrogens (tertiary/aromatic N) is 1. The second kappa shape index (κ2) is 7.95. The van der Waals surface area contributed by atoms with E-state index in [1.165, 1.54) is 18.4 Å². The Hall–Kier alpha value is -3.38. The Bertz CT molecular complexity index is 1320. The van der Waals surface area contributed by atoms with Gasteiger partial charge in [-0.15, -0.1) is 0 Å². The molecule has 2 aliphatic heterocycles. The number of fused-ring (bicyclic) bond motifs is 2. The number of para-hydroxylation sites is 1. The van der Waals surface area contributed by atoms with Crippen molar-refractivity contribution in [1.29, 1.82) is 0 Å². The van der Waals surface area contributed by atoms with Gasteiger partial charge in [-0.1, -0.05) is 23.7 Å². The lowest BCUT2D eigenvalue weighted by molar-refractivity contribution is -0.129. The van der Waals surface area contributed by atoms with E-state index >= 15 is 0 Å². The molecule has 32 heavy (non-hydrogen) atoms. The Balaban J connectivity index is 1.27. The summed E-state index contributed by atoms with van der Waals surface area (Å²) >= 11 is 6.00. The minimum atomic E-state index is -0.599. The van der Waals surface area contributed by atoms with E-state index in [-0.39, 0.29) is 23.5 Å². The van der Waals surface area contributed by atoms with Gasteiger partial charge in [-0.25, -0.2) is 0 Å². The molecule has 1 spiro atoms. The second-order valence-electron chi connectivity index (χ2n) is 8.20. The van der Waals surface area contributed by atoms with Crippen LogP contribution in [0.3, 0.4) is 0 Å². The average Bonchev–Trinajstić information content (AvgIpc) is 2.80. The van der Waals surface area contributed by atoms with Crippen molar-refractivity contribution in [2.75, 3.05) is 13.1 Å². The van der Waals surface area contributed by atoms with Gasteiger partial charge in [0.1, 0.15) is 23.2 Å². The van der Waals surface area contributed by atoms with E-state index in [1.807, 2.05) is 0 Å². The predicted octanol–water partition coefficient (Wildman–Crippen LogP) is 4.49. The molecule has 0 saturated carbocycles. The number of hydrogen-bond acceptors (Lipinski definition) is 5. The van der Waals surface area contributed by atoms with Gasteiger partial charge in [-0.2, -0.15) is 0 Å². The SMILES string of the molecule is O=C1CC2(CCN(C(=O)/C=C/c3coc4ccccc4c3=O)CC2)Oc2ccc(Cl)cc21. The number of ketones is 1. The van der Waals surface area contributed by atoms with E-state index in [4.69, 9.17) is 20.8 Å². The molecule has 0 atom stereocenters. The quantitative estimate of drug-likeness (QED) is 0.539. The van der Waals surface area contributed by atoms with Crippen LogP contribution >= 0.6 is 11.6 Å². The maximum absolute atomic E-state index is 12.7. The molecule has 6 nitrogen and oxygen atoms in total. The summed E-state index contributed by atoms with van der Waals surface area (Å²) in [6, 6.07) is 12.1. The van der Waals surface area contributed by atoms with Crippen molar-refractivity contribution in [3.8, 4) is 5.75 Å². The van der Waals surface area contributed by atoms with Crippen LogP contribution < -0.4 is 10.2 Å². The third-order valence-electron chi connectivity index (χ3n) is 6.15. The van der Waals surface area contributed by atoms with Gasteiger partial charge >= 0.3 is 0 Å². The summed E-state index contributed by atoms with van der Waals surface area (Å²) in [5.41, 5.74) is 0.563. The summed E-state index contributed by atoms with van der Waals surface area (Å²) in [5.74, 6) is 0.367. The van der Waals surface area contributed by atoms with E-state index in [0.717, 1.165) is 0 Å². The zero-order chi connectivity index (χ0) is 22.3. The first-order valence-electron chi connectivity index (χ1n) is 10.4. The minimum Gasteiger partial charge on any atom is -0.486 e. The average molecular weight is 450 g/mol. The lowest BCUT2D eigenvalue weighted by atomic mass is 9.82. The molecule has 2 aromatic carbocycles. The Morgan fingerprint density at radius 1 is 1.09 bits per heavy atom. The third kappa shape index (κ3) is 3.71. The molecule has 1 fully saturated rings. The van der Waals surface area contributed by atoms with Crippen molar-refractivity contribution in [3.05, 3.63) is 81.2 Å². The molecule has 0 N–H and O–H groups in total. The zero-order valence-corrected chi connectivity index (χ0v) is 17.9. The van der Waals surface area contributed by atoms with Crippen molar-refractivity contribution in [1.82, 2.24) is 4.90 Å². The lowest BCUT2D eigenvalue weighted by Gasteiger charge is -2.43. The first kappa shape index (κ1) is 20.5. The number of halogens is 1. The van der Waals surface area contributed by atoms with Crippen LogP contribution in [0.25, 0.3) is 17.0 Å². The van der Waals surface area contributed by atoms with Crippen molar-refractivity contribution in [2.24, 2.45) is 0 Å². The fraction of sp³-hybridized carbons (Fsp3) is 0.240. The van der Waals surface area contributed by atoms with Crippen LogP contribution in [0.4, 0.5) is 0 Å². The number of rotatable bonds is 2.